The van der Waals surface area contributed by atoms with E-state index in [4.69, 9.17) is 0 Å². The highest BCUT2D eigenvalue weighted by atomic mass is 32.2. The minimum Gasteiger partial charge on any atom is -0.317 e. The van der Waals surface area contributed by atoms with E-state index in [0.717, 1.165) is 6.42 Å². The highest BCUT2D eigenvalue weighted by Gasteiger charge is 2.19. The number of hydrogen-bond donors (Lipinski definition) is 1. The van der Waals surface area contributed by atoms with Crippen molar-refractivity contribution < 1.29 is 0 Å². The SMILES string of the molecule is C=C(C)C1=C(SC)CCC(NC)C1.CC. The molecular formula is C13H25NS. The summed E-state index contributed by atoms with van der Waals surface area (Å²) < 4.78 is 0. The fourth-order valence-corrected chi connectivity index (χ4v) is 2.63. The molecule has 1 nitrogen and oxygen atoms in total. The molecule has 1 aliphatic rings. The van der Waals surface area contributed by atoms with E-state index in [9.17, 15) is 0 Å². The van der Waals surface area contributed by atoms with Gasteiger partial charge in [0.15, 0.2) is 0 Å². The summed E-state index contributed by atoms with van der Waals surface area (Å²) in [4.78, 5) is 1.54. The predicted octanol–water partition coefficient (Wildman–Crippen LogP) is 3.98. The van der Waals surface area contributed by atoms with E-state index in [0.29, 0.717) is 6.04 Å². The lowest BCUT2D eigenvalue weighted by Crippen LogP contribution is -2.28. The van der Waals surface area contributed by atoms with Gasteiger partial charge >= 0.3 is 0 Å². The van der Waals surface area contributed by atoms with Crippen LogP contribution in [0.1, 0.15) is 40.0 Å². The molecule has 0 bridgehead atoms. The largest absolute Gasteiger partial charge is 0.317 e. The Hall–Kier alpha value is -0.210. The Morgan fingerprint density at radius 3 is 2.47 bits per heavy atom. The lowest BCUT2D eigenvalue weighted by atomic mass is 9.91. The van der Waals surface area contributed by atoms with Crippen molar-refractivity contribution in [3.8, 4) is 0 Å². The second-order valence-electron chi connectivity index (χ2n) is 3.61. The Morgan fingerprint density at radius 2 is 2.07 bits per heavy atom. The van der Waals surface area contributed by atoms with Gasteiger partial charge in [0.1, 0.15) is 0 Å². The monoisotopic (exact) mass is 227 g/mol. The molecule has 0 amide bonds. The van der Waals surface area contributed by atoms with Crippen LogP contribution in [0.4, 0.5) is 0 Å². The average Bonchev–Trinajstić information content (AvgIpc) is 2.30. The first-order valence-electron chi connectivity index (χ1n) is 5.78. The molecule has 88 valence electrons. The number of nitrogens with one attached hydrogen (secondary N) is 1. The van der Waals surface area contributed by atoms with E-state index >= 15 is 0 Å². The smallest absolute Gasteiger partial charge is 0.0108 e. The van der Waals surface area contributed by atoms with Gasteiger partial charge < -0.3 is 5.32 Å². The molecule has 1 atom stereocenters. The summed E-state index contributed by atoms with van der Waals surface area (Å²) in [5.41, 5.74) is 2.72. The van der Waals surface area contributed by atoms with Gasteiger partial charge in [0.2, 0.25) is 0 Å². The van der Waals surface area contributed by atoms with E-state index < -0.39 is 0 Å². The van der Waals surface area contributed by atoms with E-state index in [1.807, 2.05) is 32.7 Å². The summed E-state index contributed by atoms with van der Waals surface area (Å²) in [6.07, 6.45) is 5.80. The molecule has 0 aromatic rings. The standard InChI is InChI=1S/C11H19NS.C2H6/c1-8(2)10-7-9(12-3)5-6-11(10)13-4;1-2/h9,12H,1,5-7H2,2-4H3;1-2H3. The van der Waals surface area contributed by atoms with Crippen molar-refractivity contribution in [2.24, 2.45) is 0 Å². The Balaban J connectivity index is 0.000000921. The maximum atomic E-state index is 4.05. The molecule has 15 heavy (non-hydrogen) atoms. The van der Waals surface area contributed by atoms with Crippen LogP contribution in [0.5, 0.6) is 0 Å². The van der Waals surface area contributed by atoms with Gasteiger partial charge in [0, 0.05) is 6.04 Å². The Bertz CT molecular complexity index is 231. The van der Waals surface area contributed by atoms with Crippen molar-refractivity contribution in [3.63, 3.8) is 0 Å². The molecule has 0 aliphatic heterocycles. The topological polar surface area (TPSA) is 12.0 Å². The van der Waals surface area contributed by atoms with Gasteiger partial charge in [-0.25, -0.2) is 0 Å². The third-order valence-corrected chi connectivity index (χ3v) is 3.62. The van der Waals surface area contributed by atoms with Crippen LogP contribution in [0.2, 0.25) is 0 Å². The van der Waals surface area contributed by atoms with Crippen molar-refractivity contribution in [1.82, 2.24) is 5.32 Å². The van der Waals surface area contributed by atoms with Crippen LogP contribution >= 0.6 is 11.8 Å². The van der Waals surface area contributed by atoms with Gasteiger partial charge in [-0.1, -0.05) is 26.0 Å². The van der Waals surface area contributed by atoms with Crippen LogP contribution in [0.25, 0.3) is 0 Å². The summed E-state index contributed by atoms with van der Waals surface area (Å²) in [6, 6.07) is 0.655. The van der Waals surface area contributed by atoms with Gasteiger partial charge in [0.25, 0.3) is 0 Å². The number of thioether (sulfide) groups is 1. The van der Waals surface area contributed by atoms with Crippen molar-refractivity contribution in [2.45, 2.75) is 46.1 Å². The van der Waals surface area contributed by atoms with Crippen LogP contribution in [0.15, 0.2) is 22.6 Å². The molecule has 1 N–H and O–H groups in total. The summed E-state index contributed by atoms with van der Waals surface area (Å²) in [6.45, 7) is 10.2. The molecule has 0 aromatic heterocycles. The zero-order valence-corrected chi connectivity index (χ0v) is 11.6. The highest BCUT2D eigenvalue weighted by Crippen LogP contribution is 2.34. The number of allylic oxidation sites excluding steroid dienone is 2. The third-order valence-electron chi connectivity index (χ3n) is 2.68. The van der Waals surface area contributed by atoms with E-state index in [1.165, 1.54) is 24.0 Å². The molecule has 1 unspecified atom stereocenters. The van der Waals surface area contributed by atoms with Crippen molar-refractivity contribution >= 4 is 11.8 Å². The zero-order chi connectivity index (χ0) is 11.8. The van der Waals surface area contributed by atoms with Gasteiger partial charge in [-0.05, 0) is 50.0 Å². The van der Waals surface area contributed by atoms with E-state index in [-0.39, 0.29) is 0 Å². The number of hydrogen-bond acceptors (Lipinski definition) is 2. The second-order valence-corrected chi connectivity index (χ2v) is 4.52. The van der Waals surface area contributed by atoms with Crippen molar-refractivity contribution in [3.05, 3.63) is 22.6 Å². The van der Waals surface area contributed by atoms with Crippen LogP contribution in [0.3, 0.4) is 0 Å². The molecule has 0 heterocycles. The molecule has 0 saturated carbocycles. The normalized spacial score (nSPS) is 20.7. The molecule has 0 radical (unpaired) electrons. The summed E-state index contributed by atoms with van der Waals surface area (Å²) >= 11 is 1.89. The summed E-state index contributed by atoms with van der Waals surface area (Å²) in [5, 5.41) is 3.35. The highest BCUT2D eigenvalue weighted by molar-refractivity contribution is 8.02. The first kappa shape index (κ1) is 14.8. The van der Waals surface area contributed by atoms with Crippen LogP contribution in [0, 0.1) is 0 Å². The minimum atomic E-state index is 0.655. The third kappa shape index (κ3) is 4.43. The maximum Gasteiger partial charge on any atom is 0.0108 e. The van der Waals surface area contributed by atoms with Crippen LogP contribution < -0.4 is 5.32 Å². The first-order chi connectivity index (χ1) is 7.19. The second kappa shape index (κ2) is 8.00. The van der Waals surface area contributed by atoms with Crippen LogP contribution in [-0.4, -0.2) is 19.3 Å². The van der Waals surface area contributed by atoms with Gasteiger partial charge in [-0.15, -0.1) is 11.8 Å². The Morgan fingerprint density at radius 1 is 1.47 bits per heavy atom. The van der Waals surface area contributed by atoms with Crippen LogP contribution in [-0.2, 0) is 0 Å². The molecule has 1 aliphatic carbocycles. The molecule has 2 heteroatoms. The quantitative estimate of drug-likeness (QED) is 0.783. The van der Waals surface area contributed by atoms with E-state index in [2.05, 4.69) is 25.1 Å². The Kier molecular flexibility index (Phi) is 7.89. The molecule has 1 rings (SSSR count). The Labute approximate surface area is 99.4 Å². The van der Waals surface area contributed by atoms with Gasteiger partial charge in [-0.2, -0.15) is 0 Å². The first-order valence-corrected chi connectivity index (χ1v) is 7.00. The lowest BCUT2D eigenvalue weighted by Gasteiger charge is -2.26. The molecule has 0 aromatic carbocycles. The minimum absolute atomic E-state index is 0.655. The fraction of sp³-hybridized carbons (Fsp3) is 0.692. The predicted molar refractivity (Wildman–Crippen MR) is 73.4 cm³/mol. The average molecular weight is 227 g/mol. The number of rotatable bonds is 3. The molecule has 0 fully saturated rings. The van der Waals surface area contributed by atoms with Crippen molar-refractivity contribution in [2.75, 3.05) is 13.3 Å². The summed E-state index contributed by atoms with van der Waals surface area (Å²) in [7, 11) is 2.05. The van der Waals surface area contributed by atoms with Gasteiger partial charge in [-0.3, -0.25) is 0 Å². The van der Waals surface area contributed by atoms with E-state index in [1.54, 1.807) is 4.91 Å². The zero-order valence-electron chi connectivity index (χ0n) is 10.8. The van der Waals surface area contributed by atoms with Gasteiger partial charge in [0.05, 0.1) is 0 Å². The molecule has 0 saturated heterocycles. The fourth-order valence-electron chi connectivity index (χ4n) is 1.80. The lowest BCUT2D eigenvalue weighted by molar-refractivity contribution is 0.503. The molecule has 0 spiro atoms. The molecular weight excluding hydrogens is 202 g/mol. The maximum absolute atomic E-state index is 4.05. The van der Waals surface area contributed by atoms with Crippen molar-refractivity contribution in [1.29, 1.82) is 0 Å². The summed E-state index contributed by atoms with van der Waals surface area (Å²) in [5.74, 6) is 0.